The third kappa shape index (κ3) is 1.83. The first-order chi connectivity index (χ1) is 8.76. The van der Waals surface area contributed by atoms with Crippen molar-refractivity contribution in [3.05, 3.63) is 35.4 Å². The monoisotopic (exact) mass is 245 g/mol. The summed E-state index contributed by atoms with van der Waals surface area (Å²) < 4.78 is 4.82. The predicted molar refractivity (Wildman–Crippen MR) is 69.4 cm³/mol. The van der Waals surface area contributed by atoms with Gasteiger partial charge in [0.2, 0.25) is 5.91 Å². The number of carbonyl (C=O) groups excluding carboxylic acids is 1. The van der Waals surface area contributed by atoms with Crippen molar-refractivity contribution in [1.82, 2.24) is 5.32 Å². The second-order valence-electron chi connectivity index (χ2n) is 5.45. The van der Waals surface area contributed by atoms with E-state index in [4.69, 9.17) is 4.74 Å². The normalized spacial score (nSPS) is 28.2. The lowest BCUT2D eigenvalue weighted by Gasteiger charge is -2.12. The number of nitrogens with one attached hydrogen (secondary N) is 1. The summed E-state index contributed by atoms with van der Waals surface area (Å²) in [6.45, 7) is 0.951. The predicted octanol–water partition coefficient (Wildman–Crippen LogP) is 1.65. The zero-order valence-corrected chi connectivity index (χ0v) is 10.7. The molecule has 3 nitrogen and oxygen atoms in total. The van der Waals surface area contributed by atoms with E-state index in [1.165, 1.54) is 30.4 Å². The minimum Gasteiger partial charge on any atom is -0.375 e. The summed E-state index contributed by atoms with van der Waals surface area (Å²) in [5, 5.41) is 2.96. The molecule has 1 spiro atoms. The number of fused-ring (bicyclic) bond motifs is 2. The standard InChI is InChI=1S/C15H19NO2/c1-18-10-14(17)16-9-12-8-15(12)7-6-11-4-2-3-5-13(11)15/h2-5,12H,6-10H2,1H3,(H,16,17)/t12-,15-/m0/s1. The fraction of sp³-hybridized carbons (Fsp3) is 0.533. The molecule has 1 amide bonds. The quantitative estimate of drug-likeness (QED) is 0.876. The topological polar surface area (TPSA) is 38.3 Å². The highest BCUT2D eigenvalue weighted by Crippen LogP contribution is 2.61. The third-order valence-corrected chi connectivity index (χ3v) is 4.45. The van der Waals surface area contributed by atoms with Crippen molar-refractivity contribution in [2.24, 2.45) is 5.92 Å². The molecule has 1 saturated carbocycles. The van der Waals surface area contributed by atoms with Gasteiger partial charge in [-0.3, -0.25) is 4.79 Å². The Morgan fingerprint density at radius 1 is 1.50 bits per heavy atom. The highest BCUT2D eigenvalue weighted by Gasteiger charge is 2.57. The van der Waals surface area contributed by atoms with Crippen LogP contribution in [0, 0.1) is 5.92 Å². The van der Waals surface area contributed by atoms with Crippen LogP contribution in [0.4, 0.5) is 0 Å². The minimum absolute atomic E-state index is 0.00849. The number of carbonyl (C=O) groups is 1. The molecular formula is C15H19NO2. The highest BCUT2D eigenvalue weighted by atomic mass is 16.5. The number of aryl methyl sites for hydroxylation is 1. The van der Waals surface area contributed by atoms with Gasteiger partial charge in [-0.2, -0.15) is 0 Å². The van der Waals surface area contributed by atoms with Gasteiger partial charge in [0.05, 0.1) is 0 Å². The first kappa shape index (κ1) is 11.7. The van der Waals surface area contributed by atoms with E-state index < -0.39 is 0 Å². The van der Waals surface area contributed by atoms with E-state index in [0.717, 1.165) is 6.54 Å². The number of methoxy groups -OCH3 is 1. The molecule has 2 aliphatic carbocycles. The largest absolute Gasteiger partial charge is 0.375 e. The van der Waals surface area contributed by atoms with Gasteiger partial charge in [0.25, 0.3) is 0 Å². The van der Waals surface area contributed by atoms with Crippen LogP contribution in [0.1, 0.15) is 24.0 Å². The summed E-state index contributed by atoms with van der Waals surface area (Å²) in [6, 6.07) is 8.75. The molecule has 3 heteroatoms. The first-order valence-electron chi connectivity index (χ1n) is 6.60. The van der Waals surface area contributed by atoms with Gasteiger partial charge >= 0.3 is 0 Å². The number of hydrogen-bond acceptors (Lipinski definition) is 2. The second kappa shape index (κ2) is 4.39. The van der Waals surface area contributed by atoms with Crippen molar-refractivity contribution in [3.63, 3.8) is 0 Å². The Morgan fingerprint density at radius 3 is 3.17 bits per heavy atom. The van der Waals surface area contributed by atoms with Gasteiger partial charge < -0.3 is 10.1 Å². The van der Waals surface area contributed by atoms with Crippen LogP contribution in [0.5, 0.6) is 0 Å². The maximum absolute atomic E-state index is 11.4. The third-order valence-electron chi connectivity index (χ3n) is 4.45. The van der Waals surface area contributed by atoms with Crippen LogP contribution in [0.3, 0.4) is 0 Å². The van der Waals surface area contributed by atoms with Crippen LogP contribution >= 0.6 is 0 Å². The molecule has 1 N–H and O–H groups in total. The van der Waals surface area contributed by atoms with Crippen molar-refractivity contribution < 1.29 is 9.53 Å². The minimum atomic E-state index is -0.00849. The van der Waals surface area contributed by atoms with Crippen LogP contribution in [-0.2, 0) is 21.4 Å². The van der Waals surface area contributed by atoms with E-state index in [0.29, 0.717) is 11.3 Å². The van der Waals surface area contributed by atoms with Crippen LogP contribution in [0.2, 0.25) is 0 Å². The van der Waals surface area contributed by atoms with E-state index in [1.54, 1.807) is 7.11 Å². The summed E-state index contributed by atoms with van der Waals surface area (Å²) in [5.41, 5.74) is 3.40. The number of ether oxygens (including phenoxy) is 1. The Kier molecular flexibility index (Phi) is 2.86. The lowest BCUT2D eigenvalue weighted by Crippen LogP contribution is -2.30. The number of amides is 1. The fourth-order valence-corrected chi connectivity index (χ4v) is 3.42. The van der Waals surface area contributed by atoms with Crippen LogP contribution in [-0.4, -0.2) is 26.2 Å². The molecule has 0 heterocycles. The Hall–Kier alpha value is -1.35. The lowest BCUT2D eigenvalue weighted by molar-refractivity contribution is -0.124. The molecule has 3 rings (SSSR count). The van der Waals surface area contributed by atoms with Crippen molar-refractivity contribution >= 4 is 5.91 Å². The Labute approximate surface area is 108 Å². The van der Waals surface area contributed by atoms with E-state index in [1.807, 2.05) is 0 Å². The molecule has 0 saturated heterocycles. The first-order valence-corrected chi connectivity index (χ1v) is 6.60. The molecular weight excluding hydrogens is 226 g/mol. The molecule has 1 aromatic rings. The summed E-state index contributed by atoms with van der Waals surface area (Å²) >= 11 is 0. The molecule has 0 radical (unpaired) electrons. The van der Waals surface area contributed by atoms with Gasteiger partial charge in [0, 0.05) is 19.1 Å². The summed E-state index contributed by atoms with van der Waals surface area (Å²) in [7, 11) is 1.55. The highest BCUT2D eigenvalue weighted by molar-refractivity contribution is 5.77. The van der Waals surface area contributed by atoms with E-state index in [-0.39, 0.29) is 12.5 Å². The molecule has 18 heavy (non-hydrogen) atoms. The van der Waals surface area contributed by atoms with Gasteiger partial charge in [0.1, 0.15) is 6.61 Å². The molecule has 0 bridgehead atoms. The second-order valence-corrected chi connectivity index (χ2v) is 5.45. The van der Waals surface area contributed by atoms with Gasteiger partial charge in [-0.25, -0.2) is 0 Å². The maximum atomic E-state index is 11.4. The zero-order valence-electron chi connectivity index (χ0n) is 10.7. The maximum Gasteiger partial charge on any atom is 0.245 e. The summed E-state index contributed by atoms with van der Waals surface area (Å²) in [4.78, 5) is 11.4. The molecule has 2 aliphatic rings. The Balaban J connectivity index is 1.62. The number of rotatable bonds is 4. The SMILES string of the molecule is COCC(=O)NC[C@@H]1C[C@@]12CCc1ccccc12. The average Bonchev–Trinajstić information content (AvgIpc) is 2.96. The van der Waals surface area contributed by atoms with E-state index >= 15 is 0 Å². The van der Waals surface area contributed by atoms with E-state index in [9.17, 15) is 4.79 Å². The zero-order chi connectivity index (χ0) is 12.6. The summed E-state index contributed by atoms with van der Waals surface area (Å²) in [6.07, 6.45) is 3.66. The van der Waals surface area contributed by atoms with Gasteiger partial charge in [-0.15, -0.1) is 0 Å². The average molecular weight is 245 g/mol. The molecule has 0 unspecified atom stereocenters. The van der Waals surface area contributed by atoms with Gasteiger partial charge in [-0.05, 0) is 36.3 Å². The van der Waals surface area contributed by atoms with Crippen molar-refractivity contribution in [3.8, 4) is 0 Å². The summed E-state index contributed by atoms with van der Waals surface area (Å²) in [5.74, 6) is 0.604. The van der Waals surface area contributed by atoms with Gasteiger partial charge in [-0.1, -0.05) is 24.3 Å². The van der Waals surface area contributed by atoms with Gasteiger partial charge in [0.15, 0.2) is 0 Å². The molecule has 1 fully saturated rings. The van der Waals surface area contributed by atoms with Crippen LogP contribution in [0.25, 0.3) is 0 Å². The number of hydrogen-bond donors (Lipinski definition) is 1. The molecule has 0 aromatic heterocycles. The van der Waals surface area contributed by atoms with Crippen LogP contribution in [0.15, 0.2) is 24.3 Å². The Bertz CT molecular complexity index is 471. The van der Waals surface area contributed by atoms with E-state index in [2.05, 4.69) is 29.6 Å². The molecule has 1 aromatic carbocycles. The lowest BCUT2D eigenvalue weighted by atomic mass is 9.95. The molecule has 96 valence electrons. The number of benzene rings is 1. The van der Waals surface area contributed by atoms with Crippen LogP contribution < -0.4 is 5.32 Å². The fourth-order valence-electron chi connectivity index (χ4n) is 3.42. The van der Waals surface area contributed by atoms with Crippen molar-refractivity contribution in [2.75, 3.05) is 20.3 Å². The smallest absolute Gasteiger partial charge is 0.245 e. The van der Waals surface area contributed by atoms with Crippen molar-refractivity contribution in [2.45, 2.75) is 24.7 Å². The molecule has 0 aliphatic heterocycles. The molecule has 2 atom stereocenters. The van der Waals surface area contributed by atoms with Crippen molar-refractivity contribution in [1.29, 1.82) is 0 Å². The Morgan fingerprint density at radius 2 is 2.33 bits per heavy atom.